The fourth-order valence-electron chi connectivity index (χ4n) is 2.76. The Labute approximate surface area is 116 Å². The van der Waals surface area contributed by atoms with E-state index in [1.165, 1.54) is 13.0 Å². The molecular formula is C14H17NO5. The quantitative estimate of drug-likeness (QED) is 0.664. The topological polar surface area (TPSA) is 104 Å². The van der Waals surface area contributed by atoms with E-state index in [2.05, 4.69) is 5.32 Å². The maximum atomic E-state index is 12.5. The van der Waals surface area contributed by atoms with Gasteiger partial charge in [0, 0.05) is 17.8 Å². The molecule has 6 heteroatoms. The van der Waals surface area contributed by atoms with Crippen LogP contribution in [-0.2, 0) is 14.4 Å². The van der Waals surface area contributed by atoms with Gasteiger partial charge in [0.05, 0.1) is 0 Å². The van der Waals surface area contributed by atoms with Gasteiger partial charge in [0.15, 0.2) is 5.78 Å². The van der Waals surface area contributed by atoms with Crippen LogP contribution < -0.4 is 5.32 Å². The molecule has 0 aromatic heterocycles. The van der Waals surface area contributed by atoms with Crippen LogP contribution in [0.3, 0.4) is 0 Å². The summed E-state index contributed by atoms with van der Waals surface area (Å²) >= 11 is 0. The number of rotatable bonds is 3. The van der Waals surface area contributed by atoms with E-state index < -0.39 is 28.6 Å². The van der Waals surface area contributed by atoms with Crippen LogP contribution >= 0.6 is 0 Å². The number of allylic oxidation sites excluding steroid dienone is 3. The SMILES string of the molecule is CCC1(C(=O)O)CNC2=C(C=CCC2(C)C(=O)O)C1=O. The number of hydrogen-bond donors (Lipinski definition) is 3. The average molecular weight is 279 g/mol. The van der Waals surface area contributed by atoms with E-state index >= 15 is 0 Å². The molecule has 1 aliphatic carbocycles. The molecule has 1 aliphatic heterocycles. The minimum atomic E-state index is -1.51. The molecular weight excluding hydrogens is 262 g/mol. The molecule has 0 spiro atoms. The number of Topliss-reactive ketones (excluding diaryl/α,β-unsaturated/α-hetero) is 1. The lowest BCUT2D eigenvalue weighted by Gasteiger charge is -2.40. The summed E-state index contributed by atoms with van der Waals surface area (Å²) in [5.74, 6) is -2.72. The van der Waals surface area contributed by atoms with Crippen LogP contribution in [0.5, 0.6) is 0 Å². The van der Waals surface area contributed by atoms with E-state index in [0.29, 0.717) is 5.70 Å². The molecule has 0 bridgehead atoms. The lowest BCUT2D eigenvalue weighted by atomic mass is 9.68. The van der Waals surface area contributed by atoms with Crippen LogP contribution in [0.4, 0.5) is 0 Å². The molecule has 2 rings (SSSR count). The minimum Gasteiger partial charge on any atom is -0.481 e. The van der Waals surface area contributed by atoms with Crippen molar-refractivity contribution in [3.05, 3.63) is 23.4 Å². The fourth-order valence-corrected chi connectivity index (χ4v) is 2.76. The third-order valence-electron chi connectivity index (χ3n) is 4.36. The Bertz CT molecular complexity index is 562. The van der Waals surface area contributed by atoms with Gasteiger partial charge in [0.1, 0.15) is 10.8 Å². The van der Waals surface area contributed by atoms with E-state index in [4.69, 9.17) is 0 Å². The summed E-state index contributed by atoms with van der Waals surface area (Å²) in [5, 5.41) is 21.6. The van der Waals surface area contributed by atoms with Gasteiger partial charge in [0.2, 0.25) is 0 Å². The summed E-state index contributed by atoms with van der Waals surface area (Å²) in [7, 11) is 0. The summed E-state index contributed by atoms with van der Waals surface area (Å²) in [6, 6.07) is 0. The van der Waals surface area contributed by atoms with Crippen molar-refractivity contribution in [2.24, 2.45) is 10.8 Å². The van der Waals surface area contributed by atoms with E-state index in [-0.39, 0.29) is 25.0 Å². The zero-order chi connectivity index (χ0) is 15.1. The van der Waals surface area contributed by atoms with Gasteiger partial charge in [-0.3, -0.25) is 14.4 Å². The maximum absolute atomic E-state index is 12.5. The van der Waals surface area contributed by atoms with Gasteiger partial charge in [-0.1, -0.05) is 19.1 Å². The molecule has 108 valence electrons. The highest BCUT2D eigenvalue weighted by molar-refractivity contribution is 6.15. The highest BCUT2D eigenvalue weighted by atomic mass is 16.4. The first-order chi connectivity index (χ1) is 9.29. The normalized spacial score (nSPS) is 32.6. The lowest BCUT2D eigenvalue weighted by Crippen LogP contribution is -2.54. The van der Waals surface area contributed by atoms with Gasteiger partial charge < -0.3 is 15.5 Å². The second-order valence-corrected chi connectivity index (χ2v) is 5.46. The van der Waals surface area contributed by atoms with E-state index in [1.807, 2.05) is 0 Å². The van der Waals surface area contributed by atoms with Crippen molar-refractivity contribution in [2.45, 2.75) is 26.7 Å². The minimum absolute atomic E-state index is 0.0762. The Balaban J connectivity index is 2.57. The highest BCUT2D eigenvalue weighted by Gasteiger charge is 2.52. The van der Waals surface area contributed by atoms with Crippen LogP contribution in [0.15, 0.2) is 23.4 Å². The van der Waals surface area contributed by atoms with Gasteiger partial charge in [-0.15, -0.1) is 0 Å². The number of carboxylic acid groups (broad SMARTS) is 2. The first-order valence-corrected chi connectivity index (χ1v) is 6.46. The summed E-state index contributed by atoms with van der Waals surface area (Å²) in [5.41, 5.74) is -2.22. The maximum Gasteiger partial charge on any atom is 0.319 e. The zero-order valence-electron chi connectivity index (χ0n) is 11.4. The van der Waals surface area contributed by atoms with Gasteiger partial charge in [-0.2, -0.15) is 0 Å². The standard InChI is InChI=1S/C14H17NO5/c1-3-14(12(19)20)7-15-9-8(10(14)16)5-4-6-13(9,2)11(17)18/h4-5,15H,3,6-7H2,1-2H3,(H,17,18)(H,19,20). The third kappa shape index (κ3) is 1.67. The van der Waals surface area contributed by atoms with Gasteiger partial charge in [0.25, 0.3) is 0 Å². The molecule has 20 heavy (non-hydrogen) atoms. The monoisotopic (exact) mass is 279 g/mol. The number of ketones is 1. The Hall–Kier alpha value is -2.11. The molecule has 0 saturated carbocycles. The van der Waals surface area contributed by atoms with E-state index in [9.17, 15) is 24.6 Å². The highest BCUT2D eigenvalue weighted by Crippen LogP contribution is 2.42. The summed E-state index contributed by atoms with van der Waals surface area (Å²) in [4.78, 5) is 35.5. The van der Waals surface area contributed by atoms with Gasteiger partial charge >= 0.3 is 11.9 Å². The number of carbonyl (C=O) groups excluding carboxylic acids is 1. The van der Waals surface area contributed by atoms with E-state index in [1.54, 1.807) is 13.0 Å². The summed E-state index contributed by atoms with van der Waals surface area (Å²) in [6.07, 6.45) is 3.57. The Morgan fingerprint density at radius 1 is 1.35 bits per heavy atom. The second-order valence-electron chi connectivity index (χ2n) is 5.46. The molecule has 2 unspecified atom stereocenters. The van der Waals surface area contributed by atoms with E-state index in [0.717, 1.165) is 0 Å². The molecule has 2 aliphatic rings. The number of hydrogen-bond acceptors (Lipinski definition) is 4. The van der Waals surface area contributed by atoms with Crippen molar-refractivity contribution in [3.8, 4) is 0 Å². The predicted molar refractivity (Wildman–Crippen MR) is 69.9 cm³/mol. The van der Waals surface area contributed by atoms with Crippen LogP contribution in [0.1, 0.15) is 26.7 Å². The largest absolute Gasteiger partial charge is 0.481 e. The smallest absolute Gasteiger partial charge is 0.319 e. The summed E-state index contributed by atoms with van der Waals surface area (Å²) in [6.45, 7) is 3.10. The molecule has 1 heterocycles. The van der Waals surface area contributed by atoms with Crippen molar-refractivity contribution in [1.29, 1.82) is 0 Å². The molecule has 0 aromatic rings. The Kier molecular flexibility index (Phi) is 3.20. The first-order valence-electron chi connectivity index (χ1n) is 6.46. The van der Waals surface area contributed by atoms with Crippen LogP contribution in [0, 0.1) is 10.8 Å². The fraction of sp³-hybridized carbons (Fsp3) is 0.500. The van der Waals surface area contributed by atoms with Crippen molar-refractivity contribution in [2.75, 3.05) is 6.54 Å². The Morgan fingerprint density at radius 3 is 2.50 bits per heavy atom. The molecule has 0 aromatic carbocycles. The molecule has 0 radical (unpaired) electrons. The molecule has 0 amide bonds. The summed E-state index contributed by atoms with van der Waals surface area (Å²) < 4.78 is 0. The number of carbonyl (C=O) groups is 3. The molecule has 6 nitrogen and oxygen atoms in total. The molecule has 3 N–H and O–H groups in total. The number of carboxylic acids is 2. The zero-order valence-corrected chi connectivity index (χ0v) is 11.4. The molecule has 0 saturated heterocycles. The van der Waals surface area contributed by atoms with Crippen molar-refractivity contribution in [1.82, 2.24) is 5.32 Å². The van der Waals surface area contributed by atoms with Crippen molar-refractivity contribution < 1.29 is 24.6 Å². The van der Waals surface area contributed by atoms with Crippen molar-refractivity contribution >= 4 is 17.7 Å². The Morgan fingerprint density at radius 2 is 2.00 bits per heavy atom. The molecule has 2 atom stereocenters. The number of nitrogens with one attached hydrogen (secondary N) is 1. The van der Waals surface area contributed by atoms with Crippen LogP contribution in [0.25, 0.3) is 0 Å². The lowest BCUT2D eigenvalue weighted by molar-refractivity contribution is -0.154. The predicted octanol–water partition coefficient (Wildman–Crippen LogP) is 0.945. The van der Waals surface area contributed by atoms with Crippen LogP contribution in [0.2, 0.25) is 0 Å². The third-order valence-corrected chi connectivity index (χ3v) is 4.36. The second kappa shape index (κ2) is 4.47. The van der Waals surface area contributed by atoms with Crippen LogP contribution in [-0.4, -0.2) is 34.5 Å². The van der Waals surface area contributed by atoms with Gasteiger partial charge in [-0.05, 0) is 19.8 Å². The average Bonchev–Trinajstić information content (AvgIpc) is 2.40. The van der Waals surface area contributed by atoms with Crippen molar-refractivity contribution in [3.63, 3.8) is 0 Å². The van der Waals surface area contributed by atoms with Gasteiger partial charge in [-0.25, -0.2) is 0 Å². The molecule has 0 fully saturated rings. The number of aliphatic carboxylic acids is 2. The first kappa shape index (κ1) is 14.3.